The van der Waals surface area contributed by atoms with Crippen LogP contribution in [0.15, 0.2) is 42.6 Å². The van der Waals surface area contributed by atoms with Crippen molar-refractivity contribution in [1.82, 2.24) is 9.88 Å². The number of nitriles is 1. The number of rotatable bonds is 4. The van der Waals surface area contributed by atoms with Crippen LogP contribution in [0, 0.1) is 11.3 Å². The zero-order valence-corrected chi connectivity index (χ0v) is 11.9. The highest BCUT2D eigenvalue weighted by Crippen LogP contribution is 2.11. The van der Waals surface area contributed by atoms with Gasteiger partial charge in [0, 0.05) is 25.9 Å². The van der Waals surface area contributed by atoms with Gasteiger partial charge in [-0.3, -0.25) is 4.79 Å². The number of pyridine rings is 1. The van der Waals surface area contributed by atoms with Gasteiger partial charge in [0.2, 0.25) is 5.88 Å². The Morgan fingerprint density at radius 2 is 2.00 bits per heavy atom. The molecule has 1 aromatic heterocycles. The molecule has 0 N–H and O–H groups in total. The van der Waals surface area contributed by atoms with Crippen molar-refractivity contribution in [3.63, 3.8) is 0 Å². The van der Waals surface area contributed by atoms with Crippen molar-refractivity contribution in [2.45, 2.75) is 6.54 Å². The first-order chi connectivity index (χ1) is 10.1. The van der Waals surface area contributed by atoms with Crippen LogP contribution in [-0.4, -0.2) is 29.9 Å². The molecular weight excluding hydrogens is 266 g/mol. The van der Waals surface area contributed by atoms with Crippen LogP contribution in [0.25, 0.3) is 0 Å². The molecule has 1 aromatic carbocycles. The van der Waals surface area contributed by atoms with Gasteiger partial charge in [0.15, 0.2) is 0 Å². The van der Waals surface area contributed by atoms with Crippen LogP contribution in [0.5, 0.6) is 5.88 Å². The zero-order valence-electron chi connectivity index (χ0n) is 11.9. The number of amides is 1. The van der Waals surface area contributed by atoms with Gasteiger partial charge < -0.3 is 9.64 Å². The van der Waals surface area contributed by atoms with E-state index in [1.54, 1.807) is 36.2 Å². The molecule has 0 aliphatic carbocycles. The number of hydrogen-bond donors (Lipinski definition) is 0. The second-order valence-corrected chi connectivity index (χ2v) is 4.56. The number of ether oxygens (including phenoxy) is 1. The Bertz CT molecular complexity index is 657. The smallest absolute Gasteiger partial charge is 0.255 e. The average molecular weight is 281 g/mol. The van der Waals surface area contributed by atoms with Crippen molar-refractivity contribution >= 4 is 5.91 Å². The number of aromatic nitrogens is 1. The topological polar surface area (TPSA) is 66.2 Å². The van der Waals surface area contributed by atoms with Crippen molar-refractivity contribution < 1.29 is 9.53 Å². The number of hydrogen-bond acceptors (Lipinski definition) is 4. The molecule has 106 valence electrons. The van der Waals surface area contributed by atoms with Gasteiger partial charge in [-0.1, -0.05) is 12.1 Å². The van der Waals surface area contributed by atoms with E-state index in [4.69, 9.17) is 10.00 Å². The summed E-state index contributed by atoms with van der Waals surface area (Å²) in [6.45, 7) is 0.469. The summed E-state index contributed by atoms with van der Waals surface area (Å²) >= 11 is 0. The molecule has 2 aromatic rings. The van der Waals surface area contributed by atoms with E-state index < -0.39 is 0 Å². The fraction of sp³-hybridized carbons (Fsp3) is 0.188. The van der Waals surface area contributed by atoms with Crippen molar-refractivity contribution in [2.75, 3.05) is 14.2 Å². The lowest BCUT2D eigenvalue weighted by Crippen LogP contribution is -2.26. The highest BCUT2D eigenvalue weighted by atomic mass is 16.5. The third-order valence-electron chi connectivity index (χ3n) is 3.04. The van der Waals surface area contributed by atoms with Gasteiger partial charge in [0.25, 0.3) is 5.91 Å². The van der Waals surface area contributed by atoms with Crippen LogP contribution in [0.3, 0.4) is 0 Å². The molecule has 1 heterocycles. The lowest BCUT2D eigenvalue weighted by Gasteiger charge is -2.17. The number of nitrogens with zero attached hydrogens (tertiary/aromatic N) is 3. The Kier molecular flexibility index (Phi) is 4.52. The van der Waals surface area contributed by atoms with E-state index in [1.165, 1.54) is 13.3 Å². The van der Waals surface area contributed by atoms with Gasteiger partial charge in [-0.2, -0.15) is 5.26 Å². The molecule has 0 atom stereocenters. The first kappa shape index (κ1) is 14.5. The van der Waals surface area contributed by atoms with E-state index >= 15 is 0 Å². The lowest BCUT2D eigenvalue weighted by molar-refractivity contribution is 0.0784. The highest BCUT2D eigenvalue weighted by Gasteiger charge is 2.12. The maximum absolute atomic E-state index is 12.3. The van der Waals surface area contributed by atoms with E-state index in [0.29, 0.717) is 23.6 Å². The fourth-order valence-corrected chi connectivity index (χ4v) is 1.88. The van der Waals surface area contributed by atoms with Crippen LogP contribution in [-0.2, 0) is 6.54 Å². The number of carbonyl (C=O) groups excluding carboxylic acids is 1. The summed E-state index contributed by atoms with van der Waals surface area (Å²) in [6, 6.07) is 12.6. The molecular formula is C16H15N3O2. The van der Waals surface area contributed by atoms with Gasteiger partial charge in [0.05, 0.1) is 24.3 Å². The van der Waals surface area contributed by atoms with E-state index in [0.717, 1.165) is 5.56 Å². The highest BCUT2D eigenvalue weighted by molar-refractivity contribution is 5.93. The molecule has 0 fully saturated rings. The Morgan fingerprint density at radius 1 is 1.29 bits per heavy atom. The average Bonchev–Trinajstić information content (AvgIpc) is 2.55. The molecule has 5 heteroatoms. The standard InChI is InChI=1S/C16H15N3O2/c1-19(11-13-5-3-12(9-17)4-6-13)16(20)14-7-8-15(21-2)18-10-14/h3-8,10H,11H2,1-2H3. The van der Waals surface area contributed by atoms with Crippen LogP contribution in [0.1, 0.15) is 21.5 Å². The largest absolute Gasteiger partial charge is 0.481 e. The molecule has 2 rings (SSSR count). The van der Waals surface area contributed by atoms with E-state index in [2.05, 4.69) is 11.1 Å². The summed E-state index contributed by atoms with van der Waals surface area (Å²) in [5.41, 5.74) is 2.07. The Balaban J connectivity index is 2.05. The third-order valence-corrected chi connectivity index (χ3v) is 3.04. The number of benzene rings is 1. The Labute approximate surface area is 123 Å². The SMILES string of the molecule is COc1ccc(C(=O)N(C)Cc2ccc(C#N)cc2)cn1. The van der Waals surface area contributed by atoms with Gasteiger partial charge in [-0.15, -0.1) is 0 Å². The minimum atomic E-state index is -0.116. The summed E-state index contributed by atoms with van der Waals surface area (Å²) in [7, 11) is 3.26. The van der Waals surface area contributed by atoms with E-state index in [-0.39, 0.29) is 5.91 Å². The first-order valence-corrected chi connectivity index (χ1v) is 6.38. The molecule has 0 aliphatic rings. The van der Waals surface area contributed by atoms with E-state index in [9.17, 15) is 4.79 Å². The molecule has 0 saturated carbocycles. The molecule has 0 spiro atoms. The molecule has 0 radical (unpaired) electrons. The quantitative estimate of drug-likeness (QED) is 0.862. The lowest BCUT2D eigenvalue weighted by atomic mass is 10.1. The molecule has 5 nitrogen and oxygen atoms in total. The molecule has 0 unspecified atom stereocenters. The summed E-state index contributed by atoms with van der Waals surface area (Å²) in [6.07, 6.45) is 1.50. The fourth-order valence-electron chi connectivity index (χ4n) is 1.88. The minimum Gasteiger partial charge on any atom is -0.481 e. The molecule has 0 aliphatic heterocycles. The molecule has 0 saturated heterocycles. The van der Waals surface area contributed by atoms with E-state index in [1.807, 2.05) is 12.1 Å². The second-order valence-electron chi connectivity index (χ2n) is 4.56. The number of carbonyl (C=O) groups is 1. The molecule has 21 heavy (non-hydrogen) atoms. The van der Waals surface area contributed by atoms with Crippen LogP contribution in [0.2, 0.25) is 0 Å². The van der Waals surface area contributed by atoms with Crippen molar-refractivity contribution in [1.29, 1.82) is 5.26 Å². The van der Waals surface area contributed by atoms with Crippen molar-refractivity contribution in [3.8, 4) is 11.9 Å². The Hall–Kier alpha value is -2.87. The van der Waals surface area contributed by atoms with Gasteiger partial charge in [0.1, 0.15) is 0 Å². The van der Waals surface area contributed by atoms with Crippen molar-refractivity contribution in [3.05, 3.63) is 59.3 Å². The normalized spacial score (nSPS) is 9.76. The van der Waals surface area contributed by atoms with Crippen molar-refractivity contribution in [2.24, 2.45) is 0 Å². The molecule has 1 amide bonds. The predicted molar refractivity (Wildman–Crippen MR) is 77.7 cm³/mol. The zero-order chi connectivity index (χ0) is 15.2. The summed E-state index contributed by atoms with van der Waals surface area (Å²) in [5.74, 6) is 0.357. The van der Waals surface area contributed by atoms with Gasteiger partial charge in [-0.25, -0.2) is 4.98 Å². The minimum absolute atomic E-state index is 0.116. The number of methoxy groups -OCH3 is 1. The van der Waals surface area contributed by atoms with Gasteiger partial charge in [-0.05, 0) is 23.8 Å². The van der Waals surface area contributed by atoms with Gasteiger partial charge >= 0.3 is 0 Å². The molecule has 0 bridgehead atoms. The monoisotopic (exact) mass is 281 g/mol. The Morgan fingerprint density at radius 3 is 2.52 bits per heavy atom. The maximum atomic E-state index is 12.3. The maximum Gasteiger partial charge on any atom is 0.255 e. The summed E-state index contributed by atoms with van der Waals surface area (Å²) in [4.78, 5) is 17.9. The first-order valence-electron chi connectivity index (χ1n) is 6.38. The van der Waals surface area contributed by atoms with Crippen LogP contribution in [0.4, 0.5) is 0 Å². The predicted octanol–water partition coefficient (Wildman–Crippen LogP) is 2.23. The summed E-state index contributed by atoms with van der Waals surface area (Å²) < 4.78 is 4.96. The van der Waals surface area contributed by atoms with Crippen LogP contribution < -0.4 is 4.74 Å². The second kappa shape index (κ2) is 6.53. The van der Waals surface area contributed by atoms with Crippen LogP contribution >= 0.6 is 0 Å². The third kappa shape index (κ3) is 3.57. The summed E-state index contributed by atoms with van der Waals surface area (Å²) in [5, 5.41) is 8.76.